The normalized spacial score (nSPS) is 23.3. The quantitative estimate of drug-likeness (QED) is 0.764. The Morgan fingerprint density at radius 1 is 1.00 bits per heavy atom. The lowest BCUT2D eigenvalue weighted by Crippen LogP contribution is -2.45. The van der Waals surface area contributed by atoms with Crippen molar-refractivity contribution in [3.8, 4) is 11.1 Å². The van der Waals surface area contributed by atoms with Gasteiger partial charge in [0.05, 0.1) is 5.56 Å². The Morgan fingerprint density at radius 3 is 2.23 bits per heavy atom. The first-order chi connectivity index (χ1) is 14.3. The van der Waals surface area contributed by atoms with E-state index in [-0.39, 0.29) is 16.9 Å². The highest BCUT2D eigenvalue weighted by Gasteiger charge is 2.57. The van der Waals surface area contributed by atoms with Crippen LogP contribution in [0.5, 0.6) is 0 Å². The highest BCUT2D eigenvalue weighted by molar-refractivity contribution is 6.33. The third-order valence-electron chi connectivity index (χ3n) is 7.20. The van der Waals surface area contributed by atoms with E-state index < -0.39 is 11.6 Å². The molecule has 156 valence electrons. The van der Waals surface area contributed by atoms with Crippen molar-refractivity contribution in [1.29, 1.82) is 0 Å². The number of aliphatic hydroxyl groups is 1. The standard InChI is InChI=1S/C24H24ClNO4/c25-20-13-17(5-6-18(20)15-1-3-16(4-2-15)21(27)28)19-14-23(19)9-11-26(12-10-23)22(29)24(30)7-8-24/h1-6,13,19,30H,7-12,14H2,(H,27,28)/t19-/m0/s1. The lowest BCUT2D eigenvalue weighted by Gasteiger charge is -2.34. The van der Waals surface area contributed by atoms with Crippen LogP contribution >= 0.6 is 11.6 Å². The van der Waals surface area contributed by atoms with Gasteiger partial charge in [-0.3, -0.25) is 4.79 Å². The molecule has 2 N–H and O–H groups in total. The number of aromatic carboxylic acids is 1. The molecule has 1 amide bonds. The van der Waals surface area contributed by atoms with Crippen molar-refractivity contribution in [2.75, 3.05) is 13.1 Å². The lowest BCUT2D eigenvalue weighted by atomic mass is 9.88. The van der Waals surface area contributed by atoms with Crippen molar-refractivity contribution in [3.05, 3.63) is 58.6 Å². The first-order valence-corrected chi connectivity index (χ1v) is 10.8. The van der Waals surface area contributed by atoms with E-state index in [4.69, 9.17) is 16.7 Å². The maximum Gasteiger partial charge on any atom is 0.335 e. The Bertz CT molecular complexity index is 1020. The number of nitrogens with zero attached hydrogens (tertiary/aromatic N) is 1. The number of piperidine rings is 1. The molecule has 0 radical (unpaired) electrons. The molecule has 1 spiro atoms. The van der Waals surface area contributed by atoms with Crippen LogP contribution in [-0.2, 0) is 4.79 Å². The number of hydrogen-bond acceptors (Lipinski definition) is 3. The average Bonchev–Trinajstić information content (AvgIpc) is 3.66. The summed E-state index contributed by atoms with van der Waals surface area (Å²) in [5.41, 5.74) is 2.45. The Labute approximate surface area is 180 Å². The predicted octanol–water partition coefficient (Wildman–Crippen LogP) is 4.33. The van der Waals surface area contributed by atoms with E-state index in [0.717, 1.165) is 43.5 Å². The number of carboxylic acid groups (broad SMARTS) is 1. The molecule has 0 aromatic heterocycles. The molecule has 5 nitrogen and oxygen atoms in total. The molecule has 1 aliphatic heterocycles. The van der Waals surface area contributed by atoms with Gasteiger partial charge >= 0.3 is 5.97 Å². The predicted molar refractivity (Wildman–Crippen MR) is 114 cm³/mol. The second kappa shape index (κ2) is 6.82. The van der Waals surface area contributed by atoms with Crippen LogP contribution in [0.1, 0.15) is 53.9 Å². The minimum absolute atomic E-state index is 0.0872. The Kier molecular flexibility index (Phi) is 4.46. The molecule has 1 atom stereocenters. The summed E-state index contributed by atoms with van der Waals surface area (Å²) in [5, 5.41) is 19.8. The molecular weight excluding hydrogens is 402 g/mol. The van der Waals surface area contributed by atoms with Gasteiger partial charge in [0, 0.05) is 23.7 Å². The third kappa shape index (κ3) is 3.30. The summed E-state index contributed by atoms with van der Waals surface area (Å²) < 4.78 is 0. The summed E-state index contributed by atoms with van der Waals surface area (Å²) in [6.45, 7) is 1.44. The molecule has 2 aromatic rings. The third-order valence-corrected chi connectivity index (χ3v) is 7.51. The van der Waals surface area contributed by atoms with Crippen LogP contribution in [0.15, 0.2) is 42.5 Å². The van der Waals surface area contributed by atoms with Crippen LogP contribution < -0.4 is 0 Å². The van der Waals surface area contributed by atoms with E-state index in [9.17, 15) is 14.7 Å². The van der Waals surface area contributed by atoms with Crippen molar-refractivity contribution < 1.29 is 19.8 Å². The Morgan fingerprint density at radius 2 is 1.67 bits per heavy atom. The van der Waals surface area contributed by atoms with Gasteiger partial charge in [0.25, 0.3) is 5.91 Å². The highest BCUT2D eigenvalue weighted by Crippen LogP contribution is 2.65. The minimum Gasteiger partial charge on any atom is -0.478 e. The van der Waals surface area contributed by atoms with Gasteiger partial charge in [-0.25, -0.2) is 4.79 Å². The second-order valence-corrected chi connectivity index (χ2v) is 9.47. The number of benzene rings is 2. The molecule has 3 aliphatic rings. The van der Waals surface area contributed by atoms with Crippen LogP contribution in [0.25, 0.3) is 11.1 Å². The van der Waals surface area contributed by atoms with Gasteiger partial charge in [0.15, 0.2) is 0 Å². The topological polar surface area (TPSA) is 77.8 Å². The van der Waals surface area contributed by atoms with Crippen LogP contribution in [0.2, 0.25) is 5.02 Å². The summed E-state index contributed by atoms with van der Waals surface area (Å²) in [4.78, 5) is 25.2. The minimum atomic E-state index is -1.07. The highest BCUT2D eigenvalue weighted by atomic mass is 35.5. The first-order valence-electron chi connectivity index (χ1n) is 10.5. The summed E-state index contributed by atoms with van der Waals surface area (Å²) >= 11 is 6.59. The van der Waals surface area contributed by atoms with E-state index in [1.807, 2.05) is 17.0 Å². The van der Waals surface area contributed by atoms with Crippen molar-refractivity contribution in [2.45, 2.75) is 43.6 Å². The molecule has 6 heteroatoms. The Hall–Kier alpha value is -2.37. The maximum absolute atomic E-state index is 12.4. The van der Waals surface area contributed by atoms with E-state index in [1.54, 1.807) is 24.3 Å². The van der Waals surface area contributed by atoms with Gasteiger partial charge < -0.3 is 15.1 Å². The molecule has 30 heavy (non-hydrogen) atoms. The number of halogens is 1. The van der Waals surface area contributed by atoms with Gasteiger partial charge in [0.2, 0.25) is 0 Å². The fourth-order valence-electron chi connectivity index (χ4n) is 4.93. The summed E-state index contributed by atoms with van der Waals surface area (Å²) in [5.74, 6) is -0.573. The van der Waals surface area contributed by atoms with Crippen molar-refractivity contribution >= 4 is 23.5 Å². The van der Waals surface area contributed by atoms with Crippen LogP contribution in [0.4, 0.5) is 0 Å². The molecule has 2 aromatic carbocycles. The zero-order valence-corrected chi connectivity index (χ0v) is 17.4. The number of hydrogen-bond donors (Lipinski definition) is 2. The monoisotopic (exact) mass is 425 g/mol. The van der Waals surface area contributed by atoms with E-state index in [1.165, 1.54) is 5.56 Å². The number of carboxylic acids is 1. The summed E-state index contributed by atoms with van der Waals surface area (Å²) in [7, 11) is 0. The van der Waals surface area contributed by atoms with Gasteiger partial charge in [0.1, 0.15) is 5.60 Å². The summed E-state index contributed by atoms with van der Waals surface area (Å²) in [6.07, 6.45) is 4.24. The van der Waals surface area contributed by atoms with Gasteiger partial charge in [-0.1, -0.05) is 35.9 Å². The molecule has 2 saturated carbocycles. The number of carbonyl (C=O) groups is 2. The van der Waals surface area contributed by atoms with E-state index >= 15 is 0 Å². The SMILES string of the molecule is O=C(O)c1ccc(-c2ccc([C@@H]3CC34CCN(C(=O)C3(O)CC3)CC4)cc2Cl)cc1. The molecule has 1 heterocycles. The number of rotatable bonds is 4. The van der Waals surface area contributed by atoms with Gasteiger partial charge in [-0.05, 0) is 72.8 Å². The zero-order chi connectivity index (χ0) is 21.1. The largest absolute Gasteiger partial charge is 0.478 e. The number of carbonyl (C=O) groups excluding carboxylic acids is 1. The molecule has 2 aliphatic carbocycles. The van der Waals surface area contributed by atoms with Gasteiger partial charge in [-0.15, -0.1) is 0 Å². The number of likely N-dealkylation sites (tertiary alicyclic amines) is 1. The van der Waals surface area contributed by atoms with Gasteiger partial charge in [-0.2, -0.15) is 0 Å². The molecule has 5 rings (SSSR count). The smallest absolute Gasteiger partial charge is 0.335 e. The average molecular weight is 426 g/mol. The summed E-state index contributed by atoms with van der Waals surface area (Å²) in [6, 6.07) is 12.9. The van der Waals surface area contributed by atoms with Crippen LogP contribution in [0, 0.1) is 5.41 Å². The molecule has 1 saturated heterocycles. The van der Waals surface area contributed by atoms with Crippen molar-refractivity contribution in [3.63, 3.8) is 0 Å². The molecule has 0 bridgehead atoms. The lowest BCUT2D eigenvalue weighted by molar-refractivity contribution is -0.144. The second-order valence-electron chi connectivity index (χ2n) is 9.06. The molecular formula is C24H24ClNO4. The zero-order valence-electron chi connectivity index (χ0n) is 16.6. The Balaban J connectivity index is 1.27. The first kappa shape index (κ1) is 19.6. The van der Waals surface area contributed by atoms with Crippen LogP contribution in [-0.4, -0.2) is 45.7 Å². The van der Waals surface area contributed by atoms with E-state index in [2.05, 4.69) is 6.07 Å². The van der Waals surface area contributed by atoms with Crippen LogP contribution in [0.3, 0.4) is 0 Å². The van der Waals surface area contributed by atoms with E-state index in [0.29, 0.717) is 23.8 Å². The maximum atomic E-state index is 12.4. The van der Waals surface area contributed by atoms with Crippen molar-refractivity contribution in [2.24, 2.45) is 5.41 Å². The molecule has 0 unspecified atom stereocenters. The fraction of sp³-hybridized carbons (Fsp3) is 0.417. The molecule has 3 fully saturated rings. The number of amides is 1. The fourth-order valence-corrected chi connectivity index (χ4v) is 5.23. The van der Waals surface area contributed by atoms with Crippen molar-refractivity contribution in [1.82, 2.24) is 4.90 Å².